The van der Waals surface area contributed by atoms with Crippen LogP contribution in [0.4, 0.5) is 5.69 Å². The first-order chi connectivity index (χ1) is 14.7. The van der Waals surface area contributed by atoms with Gasteiger partial charge in [-0.25, -0.2) is 13.6 Å². The Hall–Kier alpha value is -1.84. The summed E-state index contributed by atoms with van der Waals surface area (Å²) in [5, 5.41) is 7.85. The van der Waals surface area contributed by atoms with Crippen molar-refractivity contribution in [3.8, 4) is 5.75 Å². The van der Waals surface area contributed by atoms with Crippen molar-refractivity contribution in [1.29, 1.82) is 0 Å². The monoisotopic (exact) mass is 485 g/mol. The standard InChI is InChI=1S/C21H25Cl2N3O4S/c1-30-15-8-6-14(7-9-15)19-5-3-2-4-10-26(19)13-20(27)25-21-17(22)11-16(12-18(21)23)31(24,28)29/h6-9,11-12,19H,2-5,10,13H2,1H3,(H,25,27)(H2,24,28,29)/t19-/m0/s1. The molecule has 10 heteroatoms. The fourth-order valence-corrected chi connectivity index (χ4v) is 5.03. The highest BCUT2D eigenvalue weighted by atomic mass is 35.5. The van der Waals surface area contributed by atoms with Gasteiger partial charge in [0.2, 0.25) is 15.9 Å². The van der Waals surface area contributed by atoms with Gasteiger partial charge in [-0.1, -0.05) is 48.2 Å². The second-order valence-corrected chi connectivity index (χ2v) is 9.84. The van der Waals surface area contributed by atoms with Crippen molar-refractivity contribution >= 4 is 44.8 Å². The van der Waals surface area contributed by atoms with Gasteiger partial charge in [-0.05, 0) is 49.2 Å². The van der Waals surface area contributed by atoms with E-state index in [1.807, 2.05) is 24.3 Å². The van der Waals surface area contributed by atoms with E-state index in [1.54, 1.807) is 7.11 Å². The average Bonchev–Trinajstić information content (AvgIpc) is 2.95. The molecule has 168 valence electrons. The number of carbonyl (C=O) groups excluding carboxylic acids is 1. The minimum atomic E-state index is -3.96. The first-order valence-electron chi connectivity index (χ1n) is 9.88. The lowest BCUT2D eigenvalue weighted by atomic mass is 10.0. The Kier molecular flexibility index (Phi) is 7.82. The lowest BCUT2D eigenvalue weighted by Gasteiger charge is -2.30. The molecule has 3 N–H and O–H groups in total. The number of ether oxygens (including phenoxy) is 1. The average molecular weight is 486 g/mol. The van der Waals surface area contributed by atoms with Gasteiger partial charge in [-0.3, -0.25) is 9.69 Å². The third-order valence-corrected chi connectivity index (χ3v) is 6.81. The number of benzene rings is 2. The quantitative estimate of drug-likeness (QED) is 0.637. The summed E-state index contributed by atoms with van der Waals surface area (Å²) in [6.07, 6.45) is 4.15. The van der Waals surface area contributed by atoms with Crippen LogP contribution in [0.2, 0.25) is 10.0 Å². The highest BCUT2D eigenvalue weighted by Crippen LogP contribution is 2.34. The number of anilines is 1. The lowest BCUT2D eigenvalue weighted by Crippen LogP contribution is -2.36. The van der Waals surface area contributed by atoms with Crippen molar-refractivity contribution in [1.82, 2.24) is 4.90 Å². The highest BCUT2D eigenvalue weighted by molar-refractivity contribution is 7.89. The SMILES string of the molecule is COc1ccc([C@@H]2CCCCCN2CC(=O)Nc2c(Cl)cc(S(N)(=O)=O)cc2Cl)cc1. The maximum Gasteiger partial charge on any atom is 0.238 e. The molecule has 2 aromatic rings. The normalized spacial score (nSPS) is 17.7. The Labute approximate surface area is 192 Å². The van der Waals surface area contributed by atoms with E-state index in [0.717, 1.165) is 43.5 Å². The van der Waals surface area contributed by atoms with Gasteiger partial charge in [0.25, 0.3) is 0 Å². The van der Waals surface area contributed by atoms with Crippen LogP contribution in [0.25, 0.3) is 0 Å². The minimum Gasteiger partial charge on any atom is -0.497 e. The van der Waals surface area contributed by atoms with Crippen molar-refractivity contribution in [3.05, 3.63) is 52.0 Å². The van der Waals surface area contributed by atoms with Crippen LogP contribution >= 0.6 is 23.2 Å². The van der Waals surface area contributed by atoms with E-state index in [0.29, 0.717) is 0 Å². The predicted molar refractivity (Wildman–Crippen MR) is 122 cm³/mol. The number of nitrogens with zero attached hydrogens (tertiary/aromatic N) is 1. The van der Waals surface area contributed by atoms with Gasteiger partial charge >= 0.3 is 0 Å². The molecule has 0 radical (unpaired) electrons. The van der Waals surface area contributed by atoms with Crippen molar-refractivity contribution in [2.45, 2.75) is 36.6 Å². The molecule has 1 amide bonds. The second-order valence-electron chi connectivity index (χ2n) is 7.46. The molecule has 1 saturated heterocycles. The Balaban J connectivity index is 1.77. The lowest BCUT2D eigenvalue weighted by molar-refractivity contribution is -0.117. The van der Waals surface area contributed by atoms with Gasteiger partial charge in [0, 0.05) is 6.04 Å². The first-order valence-corrected chi connectivity index (χ1v) is 12.2. The van der Waals surface area contributed by atoms with Gasteiger partial charge in [0.05, 0.1) is 34.3 Å². The van der Waals surface area contributed by atoms with Crippen LogP contribution in [0.1, 0.15) is 37.3 Å². The Bertz CT molecular complexity index is 1020. The molecule has 0 unspecified atom stereocenters. The van der Waals surface area contributed by atoms with E-state index < -0.39 is 10.0 Å². The molecule has 0 aromatic heterocycles. The van der Waals surface area contributed by atoms with Crippen molar-refractivity contribution in [3.63, 3.8) is 0 Å². The number of amides is 1. The van der Waals surface area contributed by atoms with Crippen LogP contribution in [0.15, 0.2) is 41.3 Å². The number of halogens is 2. The van der Waals surface area contributed by atoms with E-state index in [2.05, 4.69) is 10.2 Å². The number of hydrogen-bond acceptors (Lipinski definition) is 5. The summed E-state index contributed by atoms with van der Waals surface area (Å²) in [6.45, 7) is 0.941. The molecule has 1 heterocycles. The third-order valence-electron chi connectivity index (χ3n) is 5.32. The zero-order valence-corrected chi connectivity index (χ0v) is 19.4. The zero-order valence-electron chi connectivity index (χ0n) is 17.1. The van der Waals surface area contributed by atoms with Crippen molar-refractivity contribution < 1.29 is 17.9 Å². The predicted octanol–water partition coefficient (Wildman–Crippen LogP) is 4.21. The molecule has 0 bridgehead atoms. The molecule has 0 saturated carbocycles. The third kappa shape index (κ3) is 6.11. The molecule has 1 fully saturated rings. The van der Waals surface area contributed by atoms with Gasteiger partial charge < -0.3 is 10.1 Å². The van der Waals surface area contributed by atoms with Crippen LogP contribution in [-0.4, -0.2) is 39.4 Å². The molecular formula is C21H25Cl2N3O4S. The maximum atomic E-state index is 12.8. The molecule has 0 aliphatic carbocycles. The molecule has 2 aromatic carbocycles. The zero-order chi connectivity index (χ0) is 22.6. The molecule has 31 heavy (non-hydrogen) atoms. The van der Waals surface area contributed by atoms with Crippen LogP contribution in [0.5, 0.6) is 5.75 Å². The summed E-state index contributed by atoms with van der Waals surface area (Å²) in [7, 11) is -2.33. The number of nitrogens with one attached hydrogen (secondary N) is 1. The van der Waals surface area contributed by atoms with Gasteiger partial charge in [-0.2, -0.15) is 0 Å². The number of primary sulfonamides is 1. The van der Waals surface area contributed by atoms with Gasteiger partial charge in [-0.15, -0.1) is 0 Å². The largest absolute Gasteiger partial charge is 0.497 e. The molecule has 1 atom stereocenters. The molecule has 7 nitrogen and oxygen atoms in total. The van der Waals surface area contributed by atoms with E-state index in [1.165, 1.54) is 12.1 Å². The van der Waals surface area contributed by atoms with Crippen molar-refractivity contribution in [2.24, 2.45) is 5.14 Å². The van der Waals surface area contributed by atoms with E-state index in [4.69, 9.17) is 33.1 Å². The number of carbonyl (C=O) groups is 1. The summed E-state index contributed by atoms with van der Waals surface area (Å²) in [5.74, 6) is 0.501. The van der Waals surface area contributed by atoms with Crippen LogP contribution in [-0.2, 0) is 14.8 Å². The first kappa shape index (κ1) is 23.8. The molecular weight excluding hydrogens is 461 g/mol. The maximum absolute atomic E-state index is 12.8. The van der Waals surface area contributed by atoms with Gasteiger partial charge in [0.15, 0.2) is 0 Å². The Morgan fingerprint density at radius 2 is 1.81 bits per heavy atom. The number of methoxy groups -OCH3 is 1. The van der Waals surface area contributed by atoms with Gasteiger partial charge in [0.1, 0.15) is 5.75 Å². The molecule has 1 aliphatic rings. The second kappa shape index (κ2) is 10.2. The van der Waals surface area contributed by atoms with E-state index in [9.17, 15) is 13.2 Å². The number of likely N-dealkylation sites (tertiary alicyclic amines) is 1. The number of rotatable bonds is 6. The smallest absolute Gasteiger partial charge is 0.238 e. The van der Waals surface area contributed by atoms with Crippen LogP contribution in [0.3, 0.4) is 0 Å². The Morgan fingerprint density at radius 1 is 1.16 bits per heavy atom. The fraction of sp³-hybridized carbons (Fsp3) is 0.381. The summed E-state index contributed by atoms with van der Waals surface area (Å²) >= 11 is 12.3. The molecule has 3 rings (SSSR count). The van der Waals surface area contributed by atoms with Crippen LogP contribution in [0, 0.1) is 0 Å². The Morgan fingerprint density at radius 3 is 2.39 bits per heavy atom. The minimum absolute atomic E-state index is 0.00689. The van der Waals surface area contributed by atoms with Crippen LogP contribution < -0.4 is 15.2 Å². The number of nitrogens with two attached hydrogens (primary N) is 1. The number of sulfonamides is 1. The summed E-state index contributed by atoms with van der Waals surface area (Å²) in [4.78, 5) is 14.8. The topological polar surface area (TPSA) is 102 Å². The highest BCUT2D eigenvalue weighted by Gasteiger charge is 2.25. The fourth-order valence-electron chi connectivity index (χ4n) is 3.76. The van der Waals surface area contributed by atoms with E-state index in [-0.39, 0.29) is 39.1 Å². The summed E-state index contributed by atoms with van der Waals surface area (Å²) < 4.78 is 28.3. The molecule has 1 aliphatic heterocycles. The summed E-state index contributed by atoms with van der Waals surface area (Å²) in [6, 6.07) is 10.3. The van der Waals surface area contributed by atoms with E-state index >= 15 is 0 Å². The molecule has 0 spiro atoms. The van der Waals surface area contributed by atoms with Crippen molar-refractivity contribution in [2.75, 3.05) is 25.5 Å². The summed E-state index contributed by atoms with van der Waals surface area (Å²) in [5.41, 5.74) is 1.29. The number of hydrogen-bond donors (Lipinski definition) is 2.